The van der Waals surface area contributed by atoms with Crippen molar-refractivity contribution in [2.45, 2.75) is 19.8 Å². The predicted octanol–water partition coefficient (Wildman–Crippen LogP) is 2.00. The molecule has 1 aromatic rings. The van der Waals surface area contributed by atoms with Crippen LogP contribution in [0.5, 0.6) is 0 Å². The highest BCUT2D eigenvalue weighted by atomic mass is 16.6. The lowest BCUT2D eigenvalue weighted by Crippen LogP contribution is -2.23. The van der Waals surface area contributed by atoms with E-state index in [1.54, 1.807) is 30.3 Å². The number of hydrogen-bond acceptors (Lipinski definition) is 3. The largest absolute Gasteiger partial charge is 0.478 e. The summed E-state index contributed by atoms with van der Waals surface area (Å²) in [7, 11) is 0. The first-order valence-electron chi connectivity index (χ1n) is 6.07. The van der Waals surface area contributed by atoms with E-state index >= 15 is 0 Å². The van der Waals surface area contributed by atoms with Crippen LogP contribution in [-0.2, 0) is 14.4 Å². The van der Waals surface area contributed by atoms with Crippen LogP contribution in [0.2, 0.25) is 0 Å². The number of carbonyl (C=O) groups excluding carboxylic acids is 1. The van der Waals surface area contributed by atoms with Crippen LogP contribution in [0.25, 0.3) is 5.57 Å². The average Bonchev–Trinajstić information content (AvgIpc) is 2.41. The van der Waals surface area contributed by atoms with Gasteiger partial charge in [-0.15, -0.1) is 0 Å². The van der Waals surface area contributed by atoms with Gasteiger partial charge in [0.15, 0.2) is 0 Å². The minimum Gasteiger partial charge on any atom is -0.478 e. The Morgan fingerprint density at radius 2 is 2.00 bits per heavy atom. The third-order valence-electron chi connectivity index (χ3n) is 2.36. The van der Waals surface area contributed by atoms with Gasteiger partial charge in [0.25, 0.3) is 5.91 Å². The van der Waals surface area contributed by atoms with E-state index in [1.807, 2.05) is 6.92 Å². The van der Waals surface area contributed by atoms with Crippen molar-refractivity contribution in [2.75, 3.05) is 6.61 Å². The maximum absolute atomic E-state index is 11.5. The van der Waals surface area contributed by atoms with Crippen LogP contribution >= 0.6 is 0 Å². The fourth-order valence-electron chi connectivity index (χ4n) is 1.39. The number of carboxylic acid groups (broad SMARTS) is 1. The maximum Gasteiger partial charge on any atom is 0.336 e. The molecule has 0 aliphatic rings. The highest BCUT2D eigenvalue weighted by Gasteiger charge is 2.12. The van der Waals surface area contributed by atoms with Gasteiger partial charge in [0.05, 0.1) is 12.2 Å². The third kappa shape index (κ3) is 5.35. The predicted molar refractivity (Wildman–Crippen MR) is 71.1 cm³/mol. The summed E-state index contributed by atoms with van der Waals surface area (Å²) >= 11 is 0. The number of hydroxylamine groups is 1. The highest BCUT2D eigenvalue weighted by Crippen LogP contribution is 2.13. The lowest BCUT2D eigenvalue weighted by Gasteiger charge is -2.04. The minimum absolute atomic E-state index is 0.0720. The molecule has 0 saturated heterocycles. The fourth-order valence-corrected chi connectivity index (χ4v) is 1.39. The maximum atomic E-state index is 11.5. The number of hydrogen-bond donors (Lipinski definition) is 2. The summed E-state index contributed by atoms with van der Waals surface area (Å²) in [5, 5.41) is 9.10. The third-order valence-corrected chi connectivity index (χ3v) is 2.36. The van der Waals surface area contributed by atoms with E-state index in [0.29, 0.717) is 12.2 Å². The Morgan fingerprint density at radius 1 is 1.32 bits per heavy atom. The summed E-state index contributed by atoms with van der Waals surface area (Å²) < 4.78 is 0. The second kappa shape index (κ2) is 8.05. The van der Waals surface area contributed by atoms with Crippen LogP contribution in [-0.4, -0.2) is 23.6 Å². The van der Waals surface area contributed by atoms with E-state index in [9.17, 15) is 9.59 Å². The molecule has 0 aliphatic carbocycles. The summed E-state index contributed by atoms with van der Waals surface area (Å²) in [5.41, 5.74) is 2.59. The summed E-state index contributed by atoms with van der Waals surface area (Å²) in [6.07, 6.45) is 2.80. The molecule has 5 nitrogen and oxygen atoms in total. The number of rotatable bonds is 7. The van der Waals surface area contributed by atoms with Gasteiger partial charge in [-0.1, -0.05) is 43.7 Å². The first kappa shape index (κ1) is 14.9. The average molecular weight is 263 g/mol. The van der Waals surface area contributed by atoms with Crippen molar-refractivity contribution in [3.05, 3.63) is 42.0 Å². The van der Waals surface area contributed by atoms with E-state index in [2.05, 4.69) is 5.48 Å². The lowest BCUT2D eigenvalue weighted by atomic mass is 10.1. The summed E-state index contributed by atoms with van der Waals surface area (Å²) in [6, 6.07) is 8.46. The zero-order valence-electron chi connectivity index (χ0n) is 10.8. The molecule has 0 aliphatic heterocycles. The molecular weight excluding hydrogens is 246 g/mol. The smallest absolute Gasteiger partial charge is 0.336 e. The molecule has 0 spiro atoms. The van der Waals surface area contributed by atoms with Crippen LogP contribution in [0.4, 0.5) is 0 Å². The number of carbonyl (C=O) groups is 2. The Kier molecular flexibility index (Phi) is 6.32. The monoisotopic (exact) mass is 263 g/mol. The standard InChI is InChI=1S/C14H17NO4/c1-2-3-9-19-15-13(16)10-12(14(17)18)11-7-5-4-6-8-11/h4-8,10H,2-3,9H2,1H3,(H,15,16)(H,17,18)/b12-10-. The van der Waals surface area contributed by atoms with E-state index in [1.165, 1.54) is 0 Å². The van der Waals surface area contributed by atoms with Gasteiger partial charge in [-0.05, 0) is 12.0 Å². The van der Waals surface area contributed by atoms with Crippen molar-refractivity contribution >= 4 is 17.4 Å². The molecule has 0 aromatic heterocycles. The second-order valence-electron chi connectivity index (χ2n) is 3.90. The first-order chi connectivity index (χ1) is 9.15. The number of unbranched alkanes of at least 4 members (excludes halogenated alkanes) is 1. The summed E-state index contributed by atoms with van der Waals surface area (Å²) in [4.78, 5) is 27.6. The van der Waals surface area contributed by atoms with E-state index in [0.717, 1.165) is 18.9 Å². The van der Waals surface area contributed by atoms with Gasteiger partial charge in [-0.3, -0.25) is 9.63 Å². The Bertz CT molecular complexity index is 454. The molecule has 1 aromatic carbocycles. The number of carboxylic acids is 1. The van der Waals surface area contributed by atoms with Crippen LogP contribution < -0.4 is 5.48 Å². The van der Waals surface area contributed by atoms with Crippen molar-refractivity contribution in [1.82, 2.24) is 5.48 Å². The van der Waals surface area contributed by atoms with E-state index in [-0.39, 0.29) is 5.57 Å². The Labute approximate surface area is 111 Å². The van der Waals surface area contributed by atoms with Crippen molar-refractivity contribution in [1.29, 1.82) is 0 Å². The molecule has 1 amide bonds. The number of aliphatic carboxylic acids is 1. The first-order valence-corrected chi connectivity index (χ1v) is 6.07. The molecule has 0 heterocycles. The minimum atomic E-state index is -1.16. The van der Waals surface area contributed by atoms with Crippen LogP contribution in [0.3, 0.4) is 0 Å². The zero-order valence-corrected chi connectivity index (χ0v) is 10.8. The van der Waals surface area contributed by atoms with Crippen molar-refractivity contribution in [2.24, 2.45) is 0 Å². The van der Waals surface area contributed by atoms with E-state index in [4.69, 9.17) is 9.94 Å². The topological polar surface area (TPSA) is 75.6 Å². The number of nitrogens with one attached hydrogen (secondary N) is 1. The zero-order chi connectivity index (χ0) is 14.1. The Hall–Kier alpha value is -2.14. The molecule has 5 heteroatoms. The van der Waals surface area contributed by atoms with Gasteiger partial charge in [0.2, 0.25) is 0 Å². The molecule has 19 heavy (non-hydrogen) atoms. The lowest BCUT2D eigenvalue weighted by molar-refractivity contribution is -0.131. The molecule has 0 fully saturated rings. The number of amides is 1. The SMILES string of the molecule is CCCCONC(=O)/C=C(\C(=O)O)c1ccccc1. The summed E-state index contributed by atoms with van der Waals surface area (Å²) in [6.45, 7) is 2.41. The van der Waals surface area contributed by atoms with E-state index < -0.39 is 11.9 Å². The van der Waals surface area contributed by atoms with Gasteiger partial charge in [0, 0.05) is 6.08 Å². The van der Waals surface area contributed by atoms with Crippen molar-refractivity contribution < 1.29 is 19.5 Å². The quantitative estimate of drug-likeness (QED) is 0.448. The Balaban J connectivity index is 2.69. The normalized spacial score (nSPS) is 11.1. The molecule has 0 unspecified atom stereocenters. The van der Waals surface area contributed by atoms with Gasteiger partial charge in [0.1, 0.15) is 0 Å². The molecular formula is C14H17NO4. The van der Waals surface area contributed by atoms with Gasteiger partial charge >= 0.3 is 5.97 Å². The second-order valence-corrected chi connectivity index (χ2v) is 3.90. The van der Waals surface area contributed by atoms with Crippen molar-refractivity contribution in [3.63, 3.8) is 0 Å². The molecule has 2 N–H and O–H groups in total. The Morgan fingerprint density at radius 3 is 2.58 bits per heavy atom. The van der Waals surface area contributed by atoms with Gasteiger partial charge < -0.3 is 5.11 Å². The fraction of sp³-hybridized carbons (Fsp3) is 0.286. The molecule has 0 bridgehead atoms. The van der Waals surface area contributed by atoms with Gasteiger partial charge in [-0.2, -0.15) is 0 Å². The molecule has 0 radical (unpaired) electrons. The number of benzene rings is 1. The van der Waals surface area contributed by atoms with Crippen LogP contribution in [0.1, 0.15) is 25.3 Å². The molecule has 1 rings (SSSR count). The molecule has 0 atom stereocenters. The van der Waals surface area contributed by atoms with Crippen molar-refractivity contribution in [3.8, 4) is 0 Å². The van der Waals surface area contributed by atoms with Gasteiger partial charge in [-0.25, -0.2) is 10.3 Å². The van der Waals surface area contributed by atoms with Crippen LogP contribution in [0, 0.1) is 0 Å². The molecule has 102 valence electrons. The van der Waals surface area contributed by atoms with Crippen LogP contribution in [0.15, 0.2) is 36.4 Å². The highest BCUT2D eigenvalue weighted by molar-refractivity contribution is 6.20. The summed E-state index contributed by atoms with van der Waals surface area (Å²) in [5.74, 6) is -1.74. The molecule has 0 saturated carbocycles.